The standard InChI is InChI=1S/C28H25I2N3O5S/c1-5-36-27(35)23-16(4)32-28-33(24(23)19-8-6-7-9-21(19)38-15(2)3)26(34)22(39-28)13-17-12-18(29)14-20(30)25(17)37-11-10-31/h6-9,12-15,24H,5,11H2,1-4H3/b22-13-/t24-/m1/s1. The van der Waals surface area contributed by atoms with Crippen molar-refractivity contribution >= 4 is 68.6 Å². The Morgan fingerprint density at radius 1 is 1.28 bits per heavy atom. The smallest absolute Gasteiger partial charge is 0.338 e. The molecule has 0 N–H and O–H groups in total. The van der Waals surface area contributed by atoms with Gasteiger partial charge in [-0.15, -0.1) is 0 Å². The molecule has 2 heterocycles. The fourth-order valence-electron chi connectivity index (χ4n) is 4.24. The van der Waals surface area contributed by atoms with Crippen LogP contribution in [0, 0.1) is 18.5 Å². The normalized spacial score (nSPS) is 15.0. The van der Waals surface area contributed by atoms with Crippen LogP contribution in [0.15, 0.2) is 57.5 Å². The molecule has 0 aliphatic carbocycles. The number of benzene rings is 2. The maximum Gasteiger partial charge on any atom is 0.338 e. The van der Waals surface area contributed by atoms with Gasteiger partial charge in [-0.05, 0) is 97.2 Å². The van der Waals surface area contributed by atoms with E-state index < -0.39 is 12.0 Å². The summed E-state index contributed by atoms with van der Waals surface area (Å²) in [5.41, 5.74) is 1.80. The third-order valence-corrected chi connectivity index (χ3v) is 8.11. The number of hydrogen-bond acceptors (Lipinski definition) is 8. The Bertz CT molecular complexity index is 1680. The van der Waals surface area contributed by atoms with Gasteiger partial charge in [0.2, 0.25) is 0 Å². The van der Waals surface area contributed by atoms with Crippen LogP contribution in [-0.4, -0.2) is 29.9 Å². The van der Waals surface area contributed by atoms with E-state index in [1.165, 1.54) is 15.9 Å². The summed E-state index contributed by atoms with van der Waals surface area (Å²) in [5.74, 6) is 0.568. The summed E-state index contributed by atoms with van der Waals surface area (Å²) in [5, 5.41) is 9.05. The molecular formula is C28H25I2N3O5S. The van der Waals surface area contributed by atoms with Gasteiger partial charge in [-0.3, -0.25) is 9.36 Å². The number of hydrogen-bond donors (Lipinski definition) is 0. The SMILES string of the molecule is CCOC(=O)C1=C(C)N=c2s/c(=C\c3cc(I)cc(I)c3OCC#N)c(=O)n2[C@@H]1c1ccccc1OC(C)C. The summed E-state index contributed by atoms with van der Waals surface area (Å²) in [6, 6.07) is 12.4. The van der Waals surface area contributed by atoms with Gasteiger partial charge in [-0.25, -0.2) is 9.79 Å². The van der Waals surface area contributed by atoms with Crippen LogP contribution in [0.1, 0.15) is 44.9 Å². The molecule has 1 aliphatic heterocycles. The molecule has 8 nitrogen and oxygen atoms in total. The van der Waals surface area contributed by atoms with Gasteiger partial charge in [0.1, 0.15) is 23.6 Å². The summed E-state index contributed by atoms with van der Waals surface area (Å²) in [6.45, 7) is 7.40. The van der Waals surface area contributed by atoms with Gasteiger partial charge in [-0.1, -0.05) is 29.5 Å². The van der Waals surface area contributed by atoms with Gasteiger partial charge in [0.05, 0.1) is 32.1 Å². The Kier molecular flexibility index (Phi) is 9.50. The number of para-hydroxylation sites is 1. The summed E-state index contributed by atoms with van der Waals surface area (Å²) in [7, 11) is 0. The number of carbonyl (C=O) groups excluding carboxylic acids is 1. The fourth-order valence-corrected chi connectivity index (χ4v) is 7.32. The summed E-state index contributed by atoms with van der Waals surface area (Å²) in [4.78, 5) is 32.4. The molecule has 4 rings (SSSR count). The van der Waals surface area contributed by atoms with Crippen molar-refractivity contribution in [2.75, 3.05) is 13.2 Å². The minimum absolute atomic E-state index is 0.118. The number of halogens is 2. The lowest BCUT2D eigenvalue weighted by molar-refractivity contribution is -0.139. The monoisotopic (exact) mass is 769 g/mol. The average molecular weight is 769 g/mol. The number of nitriles is 1. The Morgan fingerprint density at radius 2 is 2.03 bits per heavy atom. The molecule has 39 heavy (non-hydrogen) atoms. The number of allylic oxidation sites excluding steroid dienone is 1. The highest BCUT2D eigenvalue weighted by atomic mass is 127. The zero-order valence-corrected chi connectivity index (χ0v) is 26.8. The minimum atomic E-state index is -0.789. The van der Waals surface area contributed by atoms with Crippen molar-refractivity contribution in [1.82, 2.24) is 4.57 Å². The van der Waals surface area contributed by atoms with E-state index in [1.807, 2.05) is 56.3 Å². The van der Waals surface area contributed by atoms with E-state index in [0.29, 0.717) is 37.7 Å². The second kappa shape index (κ2) is 12.6. The molecule has 0 unspecified atom stereocenters. The first-order valence-corrected chi connectivity index (χ1v) is 15.1. The first-order valence-electron chi connectivity index (χ1n) is 12.1. The number of ether oxygens (including phenoxy) is 3. The molecule has 0 saturated carbocycles. The number of carbonyl (C=O) groups is 1. The van der Waals surface area contributed by atoms with Gasteiger partial charge >= 0.3 is 5.97 Å². The van der Waals surface area contributed by atoms with Crippen molar-refractivity contribution in [2.24, 2.45) is 4.99 Å². The predicted octanol–water partition coefficient (Wildman–Crippen LogP) is 4.70. The van der Waals surface area contributed by atoms with E-state index in [4.69, 9.17) is 19.5 Å². The second-order valence-corrected chi connectivity index (χ2v) is 12.2. The molecule has 0 saturated heterocycles. The molecule has 0 bridgehead atoms. The lowest BCUT2D eigenvalue weighted by Crippen LogP contribution is -2.40. The molecule has 0 radical (unpaired) electrons. The molecule has 202 valence electrons. The van der Waals surface area contributed by atoms with Gasteiger partial charge in [-0.2, -0.15) is 5.26 Å². The average Bonchev–Trinajstić information content (AvgIpc) is 3.17. The van der Waals surface area contributed by atoms with Crippen LogP contribution in [-0.2, 0) is 9.53 Å². The van der Waals surface area contributed by atoms with Gasteiger partial charge < -0.3 is 14.2 Å². The summed E-state index contributed by atoms with van der Waals surface area (Å²) in [6.07, 6.45) is 1.63. The number of nitrogens with zero attached hydrogens (tertiary/aromatic N) is 3. The van der Waals surface area contributed by atoms with Gasteiger partial charge in [0, 0.05) is 14.7 Å². The maximum absolute atomic E-state index is 14.0. The van der Waals surface area contributed by atoms with E-state index >= 15 is 0 Å². The van der Waals surface area contributed by atoms with Crippen LogP contribution >= 0.6 is 56.5 Å². The molecular weight excluding hydrogens is 744 g/mol. The summed E-state index contributed by atoms with van der Waals surface area (Å²) >= 11 is 5.58. The molecule has 0 fully saturated rings. The third-order valence-electron chi connectivity index (χ3n) is 5.70. The number of esters is 1. The Labute approximate surface area is 256 Å². The quantitative estimate of drug-likeness (QED) is 0.244. The number of fused-ring (bicyclic) bond motifs is 1. The molecule has 11 heteroatoms. The highest BCUT2D eigenvalue weighted by molar-refractivity contribution is 14.1. The van der Waals surface area contributed by atoms with Crippen molar-refractivity contribution in [2.45, 2.75) is 39.8 Å². The highest BCUT2D eigenvalue weighted by Crippen LogP contribution is 2.36. The Balaban J connectivity index is 2.00. The zero-order valence-electron chi connectivity index (χ0n) is 21.7. The van der Waals surface area contributed by atoms with Crippen LogP contribution in [0.3, 0.4) is 0 Å². The van der Waals surface area contributed by atoms with Crippen molar-refractivity contribution in [3.63, 3.8) is 0 Å². The van der Waals surface area contributed by atoms with E-state index in [0.717, 1.165) is 7.14 Å². The van der Waals surface area contributed by atoms with Crippen LogP contribution in [0.5, 0.6) is 11.5 Å². The lowest BCUT2D eigenvalue weighted by atomic mass is 9.95. The van der Waals surface area contributed by atoms with Gasteiger partial charge in [0.15, 0.2) is 11.4 Å². The molecule has 1 atom stereocenters. The van der Waals surface area contributed by atoms with Gasteiger partial charge in [0.25, 0.3) is 5.56 Å². The van der Waals surface area contributed by atoms with Crippen LogP contribution < -0.4 is 24.4 Å². The van der Waals surface area contributed by atoms with E-state index in [1.54, 1.807) is 19.9 Å². The fraction of sp³-hybridized carbons (Fsp3) is 0.286. The topological polar surface area (TPSA) is 103 Å². The largest absolute Gasteiger partial charge is 0.491 e. The Hall–Kier alpha value is -2.70. The minimum Gasteiger partial charge on any atom is -0.491 e. The first-order chi connectivity index (χ1) is 18.7. The molecule has 3 aromatic rings. The predicted molar refractivity (Wildman–Crippen MR) is 166 cm³/mol. The van der Waals surface area contributed by atoms with Crippen molar-refractivity contribution < 1.29 is 19.0 Å². The molecule has 0 spiro atoms. The first kappa shape index (κ1) is 29.3. The van der Waals surface area contributed by atoms with E-state index in [2.05, 4.69) is 50.2 Å². The lowest BCUT2D eigenvalue weighted by Gasteiger charge is -2.26. The van der Waals surface area contributed by atoms with E-state index in [9.17, 15) is 9.59 Å². The second-order valence-electron chi connectivity index (χ2n) is 8.76. The van der Waals surface area contributed by atoms with Crippen molar-refractivity contribution in [3.8, 4) is 17.6 Å². The summed E-state index contributed by atoms with van der Waals surface area (Å²) < 4.78 is 20.9. The van der Waals surface area contributed by atoms with Crippen LogP contribution in [0.2, 0.25) is 0 Å². The van der Waals surface area contributed by atoms with E-state index in [-0.39, 0.29) is 30.5 Å². The Morgan fingerprint density at radius 3 is 2.72 bits per heavy atom. The molecule has 2 aromatic carbocycles. The van der Waals surface area contributed by atoms with Crippen molar-refractivity contribution in [3.05, 3.63) is 85.6 Å². The maximum atomic E-state index is 14.0. The zero-order chi connectivity index (χ0) is 28.3. The molecule has 1 aliphatic rings. The number of aromatic nitrogens is 1. The number of rotatable bonds is 8. The molecule has 1 aromatic heterocycles. The molecule has 0 amide bonds. The highest BCUT2D eigenvalue weighted by Gasteiger charge is 2.35. The third kappa shape index (κ3) is 6.22. The van der Waals surface area contributed by atoms with Crippen LogP contribution in [0.25, 0.3) is 6.08 Å². The number of thiazole rings is 1. The van der Waals surface area contributed by atoms with Crippen LogP contribution in [0.4, 0.5) is 0 Å². The van der Waals surface area contributed by atoms with Crippen molar-refractivity contribution in [1.29, 1.82) is 5.26 Å².